The molecule has 0 aliphatic heterocycles. The van der Waals surface area contributed by atoms with Gasteiger partial charge in [0, 0.05) is 0 Å². The van der Waals surface area contributed by atoms with Gasteiger partial charge in [0.1, 0.15) is 5.82 Å². The van der Waals surface area contributed by atoms with E-state index >= 15 is 0 Å². The van der Waals surface area contributed by atoms with Gasteiger partial charge in [0.25, 0.3) is 0 Å². The van der Waals surface area contributed by atoms with Crippen LogP contribution >= 0.6 is 0 Å². The van der Waals surface area contributed by atoms with Gasteiger partial charge in [-0.2, -0.15) is 0 Å². The Morgan fingerprint density at radius 3 is 2.59 bits per heavy atom. The van der Waals surface area contributed by atoms with Crippen LogP contribution in [0.25, 0.3) is 0 Å². The summed E-state index contributed by atoms with van der Waals surface area (Å²) in [4.78, 5) is 4.38. The molecular weight excluding hydrogens is 219 g/mol. The Hall–Kier alpha value is -1.62. The lowest BCUT2D eigenvalue weighted by Crippen LogP contribution is -2.42. The molecule has 1 aromatic rings. The predicted molar refractivity (Wildman–Crippen MR) is 65.7 cm³/mol. The van der Waals surface area contributed by atoms with E-state index in [0.717, 1.165) is 18.4 Å². The van der Waals surface area contributed by atoms with E-state index in [1.807, 2.05) is 6.92 Å². The number of nitrogens with two attached hydrogens (primary N) is 1. The van der Waals surface area contributed by atoms with Crippen molar-refractivity contribution in [3.05, 3.63) is 35.6 Å². The first-order valence-corrected chi connectivity index (χ1v) is 5.75. The number of halogens is 1. The van der Waals surface area contributed by atoms with Crippen molar-refractivity contribution in [3.8, 4) is 0 Å². The zero-order valence-electron chi connectivity index (χ0n) is 9.78. The molecule has 4 N–H and O–H groups in total. The van der Waals surface area contributed by atoms with Gasteiger partial charge in [-0.1, -0.05) is 12.1 Å². The maximum absolute atomic E-state index is 12.8. The van der Waals surface area contributed by atoms with Crippen LogP contribution in [0, 0.1) is 5.82 Å². The lowest BCUT2D eigenvalue weighted by molar-refractivity contribution is 0.623. The summed E-state index contributed by atoms with van der Waals surface area (Å²) in [5, 5.41) is 3.17. The second-order valence-electron chi connectivity index (χ2n) is 4.27. The predicted octanol–water partition coefficient (Wildman–Crippen LogP) is 1.46. The van der Waals surface area contributed by atoms with Gasteiger partial charge in [-0.05, 0) is 37.5 Å². The van der Waals surface area contributed by atoms with Crippen molar-refractivity contribution in [1.29, 1.82) is 0 Å². The topological polar surface area (TPSA) is 62.4 Å². The first-order valence-electron chi connectivity index (χ1n) is 5.75. The highest BCUT2D eigenvalue weighted by Crippen LogP contribution is 2.23. The molecule has 1 fully saturated rings. The van der Waals surface area contributed by atoms with E-state index in [4.69, 9.17) is 5.84 Å². The van der Waals surface area contributed by atoms with E-state index in [0.29, 0.717) is 12.0 Å². The Balaban J connectivity index is 1.99. The van der Waals surface area contributed by atoms with E-state index in [1.165, 1.54) is 12.1 Å². The average Bonchev–Trinajstić information content (AvgIpc) is 3.13. The van der Waals surface area contributed by atoms with E-state index in [9.17, 15) is 4.39 Å². The summed E-state index contributed by atoms with van der Waals surface area (Å²) in [6, 6.07) is 6.82. The normalized spacial score (nSPS) is 17.7. The van der Waals surface area contributed by atoms with Crippen LogP contribution in [-0.2, 0) is 0 Å². The summed E-state index contributed by atoms with van der Waals surface area (Å²) in [7, 11) is 0. The molecule has 0 radical (unpaired) electrons. The van der Waals surface area contributed by atoms with Crippen molar-refractivity contribution in [2.45, 2.75) is 31.8 Å². The fraction of sp³-hybridized carbons (Fsp3) is 0.417. The minimum absolute atomic E-state index is 0.0316. The third kappa shape index (κ3) is 3.42. The molecule has 1 aromatic carbocycles. The third-order valence-electron chi connectivity index (χ3n) is 2.72. The van der Waals surface area contributed by atoms with Crippen molar-refractivity contribution < 1.29 is 4.39 Å². The number of hydrogen-bond donors (Lipinski definition) is 3. The van der Waals surface area contributed by atoms with Crippen molar-refractivity contribution in [2.75, 3.05) is 0 Å². The molecular formula is C12H17FN4. The SMILES string of the molecule is CC(NC(=NC1CC1)NN)c1ccc(F)cc1. The largest absolute Gasteiger partial charge is 0.349 e. The van der Waals surface area contributed by atoms with Crippen LogP contribution in [0.2, 0.25) is 0 Å². The Morgan fingerprint density at radius 1 is 1.41 bits per heavy atom. The van der Waals surface area contributed by atoms with Crippen molar-refractivity contribution in [2.24, 2.45) is 10.8 Å². The maximum Gasteiger partial charge on any atom is 0.206 e. The van der Waals surface area contributed by atoms with Gasteiger partial charge in [0.15, 0.2) is 0 Å². The lowest BCUT2D eigenvalue weighted by Gasteiger charge is -2.16. The van der Waals surface area contributed by atoms with Gasteiger partial charge in [0.05, 0.1) is 12.1 Å². The second-order valence-corrected chi connectivity index (χ2v) is 4.27. The van der Waals surface area contributed by atoms with Crippen LogP contribution in [0.15, 0.2) is 29.3 Å². The standard InChI is InChI=1S/C12H17FN4/c1-8(9-2-4-10(13)5-3-9)15-12(17-14)16-11-6-7-11/h2-5,8,11H,6-7,14H2,1H3,(H2,15,16,17). The van der Waals surface area contributed by atoms with Crippen LogP contribution in [-0.4, -0.2) is 12.0 Å². The second kappa shape index (κ2) is 5.14. The molecule has 1 atom stereocenters. The number of aliphatic imine (C=N–C) groups is 1. The molecule has 1 saturated carbocycles. The van der Waals surface area contributed by atoms with Gasteiger partial charge in [-0.15, -0.1) is 0 Å². The summed E-state index contributed by atoms with van der Waals surface area (Å²) >= 11 is 0. The fourth-order valence-corrected chi connectivity index (χ4v) is 1.54. The van der Waals surface area contributed by atoms with Crippen LogP contribution in [0.5, 0.6) is 0 Å². The Labute approximate surface area is 100 Å². The van der Waals surface area contributed by atoms with E-state index in [2.05, 4.69) is 15.7 Å². The Morgan fingerprint density at radius 2 is 2.06 bits per heavy atom. The minimum Gasteiger partial charge on any atom is -0.349 e. The van der Waals surface area contributed by atoms with Gasteiger partial charge >= 0.3 is 0 Å². The van der Waals surface area contributed by atoms with Gasteiger partial charge < -0.3 is 5.32 Å². The zero-order chi connectivity index (χ0) is 12.3. The number of nitrogens with zero attached hydrogens (tertiary/aromatic N) is 1. The highest BCUT2D eigenvalue weighted by Gasteiger charge is 2.21. The zero-order valence-corrected chi connectivity index (χ0v) is 9.78. The smallest absolute Gasteiger partial charge is 0.206 e. The molecule has 1 unspecified atom stereocenters. The van der Waals surface area contributed by atoms with Crippen molar-refractivity contribution >= 4 is 5.96 Å². The molecule has 2 rings (SSSR count). The van der Waals surface area contributed by atoms with Crippen LogP contribution in [0.3, 0.4) is 0 Å². The molecule has 0 aromatic heterocycles. The Bertz CT molecular complexity index is 397. The molecule has 0 spiro atoms. The molecule has 0 heterocycles. The van der Waals surface area contributed by atoms with Gasteiger partial charge in [0.2, 0.25) is 5.96 Å². The lowest BCUT2D eigenvalue weighted by atomic mass is 10.1. The monoisotopic (exact) mass is 236 g/mol. The molecule has 0 saturated heterocycles. The highest BCUT2D eigenvalue weighted by molar-refractivity contribution is 5.80. The highest BCUT2D eigenvalue weighted by atomic mass is 19.1. The summed E-state index contributed by atoms with van der Waals surface area (Å²) in [5.41, 5.74) is 3.54. The van der Waals surface area contributed by atoms with Crippen molar-refractivity contribution in [3.63, 3.8) is 0 Å². The first-order chi connectivity index (χ1) is 8.19. The van der Waals surface area contributed by atoms with Gasteiger partial charge in [-0.3, -0.25) is 5.43 Å². The molecule has 4 nitrogen and oxygen atoms in total. The number of rotatable bonds is 3. The molecule has 0 amide bonds. The summed E-state index contributed by atoms with van der Waals surface area (Å²) < 4.78 is 12.8. The number of hydrazine groups is 1. The number of nitrogens with one attached hydrogen (secondary N) is 2. The van der Waals surface area contributed by atoms with Gasteiger partial charge in [-0.25, -0.2) is 15.2 Å². The maximum atomic E-state index is 12.8. The number of benzene rings is 1. The summed E-state index contributed by atoms with van der Waals surface area (Å²) in [6.45, 7) is 1.98. The first kappa shape index (κ1) is 11.9. The van der Waals surface area contributed by atoms with Crippen LogP contribution < -0.4 is 16.6 Å². The molecule has 0 bridgehead atoms. The van der Waals surface area contributed by atoms with E-state index in [-0.39, 0.29) is 11.9 Å². The average molecular weight is 236 g/mol. The molecule has 17 heavy (non-hydrogen) atoms. The van der Waals surface area contributed by atoms with Crippen LogP contribution in [0.1, 0.15) is 31.4 Å². The van der Waals surface area contributed by atoms with Crippen molar-refractivity contribution in [1.82, 2.24) is 10.7 Å². The Kier molecular flexibility index (Phi) is 3.58. The molecule has 92 valence electrons. The minimum atomic E-state index is -0.232. The molecule has 1 aliphatic carbocycles. The number of guanidine groups is 1. The molecule has 5 heteroatoms. The van der Waals surface area contributed by atoms with E-state index in [1.54, 1.807) is 12.1 Å². The summed E-state index contributed by atoms with van der Waals surface area (Å²) in [5.74, 6) is 5.75. The summed E-state index contributed by atoms with van der Waals surface area (Å²) in [6.07, 6.45) is 2.25. The van der Waals surface area contributed by atoms with E-state index < -0.39 is 0 Å². The quantitative estimate of drug-likeness (QED) is 0.322. The molecule has 1 aliphatic rings. The number of hydrogen-bond acceptors (Lipinski definition) is 2. The fourth-order valence-electron chi connectivity index (χ4n) is 1.54. The van der Waals surface area contributed by atoms with Crippen LogP contribution in [0.4, 0.5) is 4.39 Å². The third-order valence-corrected chi connectivity index (χ3v) is 2.72.